The first-order valence-corrected chi connectivity index (χ1v) is 12.6. The highest BCUT2D eigenvalue weighted by Gasteiger charge is 2.36. The van der Waals surface area contributed by atoms with Crippen molar-refractivity contribution in [3.8, 4) is 0 Å². The Kier molecular flexibility index (Phi) is 8.55. The maximum absolute atomic E-state index is 14.9. The number of likely N-dealkylation sites (tertiary alicyclic amines) is 1. The van der Waals surface area contributed by atoms with Crippen molar-refractivity contribution in [1.82, 2.24) is 15.5 Å². The van der Waals surface area contributed by atoms with Crippen molar-refractivity contribution in [2.75, 3.05) is 31.1 Å². The Hall–Kier alpha value is -4.02. The van der Waals surface area contributed by atoms with Gasteiger partial charge < -0.3 is 19.9 Å². The molecule has 2 saturated heterocycles. The van der Waals surface area contributed by atoms with E-state index in [0.29, 0.717) is 39.0 Å². The summed E-state index contributed by atoms with van der Waals surface area (Å²) in [6.45, 7) is 3.10. The van der Waals surface area contributed by atoms with Gasteiger partial charge in [-0.1, -0.05) is 43.7 Å². The zero-order chi connectivity index (χ0) is 27.2. The smallest absolute Gasteiger partial charge is 0.407 e. The van der Waals surface area contributed by atoms with Crippen molar-refractivity contribution >= 4 is 30.0 Å². The second-order valence-electron chi connectivity index (χ2n) is 9.53. The second-order valence-corrected chi connectivity index (χ2v) is 9.53. The number of hydrogen-bond acceptors (Lipinski definition) is 6. The SMILES string of the molecule is CCCC(C(=O)NC=O)c1c(F)cc(N2CC(NC(=O)OC3CN(C(=O)Cc4ccccc4)C3)C2)cc1F. The first kappa shape index (κ1) is 27.0. The number of benzene rings is 2. The minimum Gasteiger partial charge on any atom is -0.442 e. The maximum Gasteiger partial charge on any atom is 0.407 e. The molecule has 9 nitrogen and oxygen atoms in total. The third-order valence-electron chi connectivity index (χ3n) is 6.75. The van der Waals surface area contributed by atoms with Crippen molar-refractivity contribution in [3.63, 3.8) is 0 Å². The molecule has 2 aliphatic heterocycles. The molecule has 202 valence electrons. The van der Waals surface area contributed by atoms with Crippen LogP contribution < -0.4 is 15.5 Å². The van der Waals surface area contributed by atoms with Crippen molar-refractivity contribution in [2.45, 2.75) is 44.2 Å². The Morgan fingerprint density at radius 1 is 1.08 bits per heavy atom. The molecule has 2 heterocycles. The Morgan fingerprint density at radius 2 is 1.74 bits per heavy atom. The summed E-state index contributed by atoms with van der Waals surface area (Å²) in [5.74, 6) is -3.63. The van der Waals surface area contributed by atoms with Crippen LogP contribution in [-0.2, 0) is 25.5 Å². The van der Waals surface area contributed by atoms with E-state index in [-0.39, 0.29) is 42.1 Å². The fourth-order valence-electron chi connectivity index (χ4n) is 4.67. The van der Waals surface area contributed by atoms with Crippen LogP contribution in [0.3, 0.4) is 0 Å². The van der Waals surface area contributed by atoms with E-state index in [9.17, 15) is 28.0 Å². The summed E-state index contributed by atoms with van der Waals surface area (Å²) in [6.07, 6.45) is 0.186. The molecule has 2 fully saturated rings. The number of carbonyl (C=O) groups excluding carboxylic acids is 4. The molecular weight excluding hydrogens is 498 g/mol. The Morgan fingerprint density at radius 3 is 2.34 bits per heavy atom. The second kappa shape index (κ2) is 12.0. The molecule has 2 aromatic carbocycles. The van der Waals surface area contributed by atoms with Crippen LogP contribution in [0.25, 0.3) is 0 Å². The number of amides is 4. The third-order valence-corrected chi connectivity index (χ3v) is 6.75. The summed E-state index contributed by atoms with van der Waals surface area (Å²) in [4.78, 5) is 50.6. The number of alkyl carbamates (subject to hydrolysis) is 1. The van der Waals surface area contributed by atoms with Gasteiger partial charge in [-0.2, -0.15) is 0 Å². The van der Waals surface area contributed by atoms with Gasteiger partial charge in [-0.05, 0) is 24.1 Å². The highest BCUT2D eigenvalue weighted by atomic mass is 19.1. The average molecular weight is 529 g/mol. The predicted molar refractivity (Wildman–Crippen MR) is 134 cm³/mol. The van der Waals surface area contributed by atoms with Gasteiger partial charge in [-0.3, -0.25) is 19.7 Å². The van der Waals surface area contributed by atoms with Crippen LogP contribution in [0.15, 0.2) is 42.5 Å². The summed E-state index contributed by atoms with van der Waals surface area (Å²) < 4.78 is 35.1. The van der Waals surface area contributed by atoms with E-state index in [1.165, 1.54) is 0 Å². The Balaban J connectivity index is 1.23. The summed E-state index contributed by atoms with van der Waals surface area (Å²) in [6, 6.07) is 11.4. The summed E-state index contributed by atoms with van der Waals surface area (Å²) >= 11 is 0. The summed E-state index contributed by atoms with van der Waals surface area (Å²) in [5, 5.41) is 4.70. The largest absolute Gasteiger partial charge is 0.442 e. The van der Waals surface area contributed by atoms with E-state index in [0.717, 1.165) is 17.7 Å². The molecule has 1 atom stereocenters. The molecule has 4 amide bonds. The van der Waals surface area contributed by atoms with Crippen LogP contribution >= 0.6 is 0 Å². The third kappa shape index (κ3) is 6.27. The Bertz CT molecular complexity index is 1160. The van der Waals surface area contributed by atoms with Crippen molar-refractivity contribution < 1.29 is 32.7 Å². The van der Waals surface area contributed by atoms with Crippen LogP contribution in [0.1, 0.15) is 36.8 Å². The number of nitrogens with zero attached hydrogens (tertiary/aromatic N) is 2. The zero-order valence-electron chi connectivity index (χ0n) is 21.0. The lowest BCUT2D eigenvalue weighted by molar-refractivity contribution is -0.140. The van der Waals surface area contributed by atoms with Crippen molar-refractivity contribution in [1.29, 1.82) is 0 Å². The van der Waals surface area contributed by atoms with E-state index in [2.05, 4.69) is 5.32 Å². The van der Waals surface area contributed by atoms with Gasteiger partial charge in [-0.25, -0.2) is 13.6 Å². The first-order valence-electron chi connectivity index (χ1n) is 12.6. The molecule has 38 heavy (non-hydrogen) atoms. The van der Waals surface area contributed by atoms with E-state index >= 15 is 0 Å². The molecular formula is C27H30F2N4O5. The molecule has 0 radical (unpaired) electrons. The fourth-order valence-corrected chi connectivity index (χ4v) is 4.67. The number of carbonyl (C=O) groups is 4. The van der Waals surface area contributed by atoms with E-state index < -0.39 is 29.6 Å². The van der Waals surface area contributed by atoms with E-state index in [1.54, 1.807) is 16.7 Å². The monoisotopic (exact) mass is 528 g/mol. The minimum atomic E-state index is -1.11. The van der Waals surface area contributed by atoms with Crippen LogP contribution in [-0.4, -0.2) is 67.5 Å². The van der Waals surface area contributed by atoms with E-state index in [1.807, 2.05) is 35.6 Å². The van der Waals surface area contributed by atoms with Crippen LogP contribution in [0.5, 0.6) is 0 Å². The van der Waals surface area contributed by atoms with Gasteiger partial charge in [-0.15, -0.1) is 0 Å². The number of anilines is 1. The molecule has 0 bridgehead atoms. The van der Waals surface area contributed by atoms with E-state index in [4.69, 9.17) is 4.74 Å². The van der Waals surface area contributed by atoms with Gasteiger partial charge in [0.15, 0.2) is 0 Å². The zero-order valence-corrected chi connectivity index (χ0v) is 21.0. The van der Waals surface area contributed by atoms with Crippen LogP contribution in [0.2, 0.25) is 0 Å². The molecule has 0 saturated carbocycles. The number of ether oxygens (including phenoxy) is 1. The van der Waals surface area contributed by atoms with Crippen LogP contribution in [0, 0.1) is 11.6 Å². The number of hydrogen-bond donors (Lipinski definition) is 2. The van der Waals surface area contributed by atoms with Crippen LogP contribution in [0.4, 0.5) is 19.3 Å². The lowest BCUT2D eigenvalue weighted by Crippen LogP contribution is -2.61. The van der Waals surface area contributed by atoms with Crippen molar-refractivity contribution in [2.24, 2.45) is 0 Å². The standard InChI is InChI=1S/C27H30F2N4O5/c1-2-6-21(26(36)30-16-34)25-22(28)10-19(11-23(25)29)32-12-18(13-32)31-27(37)38-20-14-33(15-20)24(35)9-17-7-4-3-5-8-17/h3-5,7-8,10-11,16,18,20-21H,2,6,9,12-15H2,1H3,(H,31,37)(H,30,34,36). The lowest BCUT2D eigenvalue weighted by Gasteiger charge is -2.42. The molecule has 2 aliphatic rings. The van der Waals surface area contributed by atoms with Crippen molar-refractivity contribution in [3.05, 3.63) is 65.2 Å². The topological polar surface area (TPSA) is 108 Å². The molecule has 4 rings (SSSR count). The van der Waals surface area contributed by atoms with Gasteiger partial charge in [0.05, 0.1) is 31.5 Å². The van der Waals surface area contributed by atoms with Gasteiger partial charge in [0.25, 0.3) is 0 Å². The molecule has 2 N–H and O–H groups in total. The molecule has 0 aromatic heterocycles. The number of halogens is 2. The molecule has 2 aromatic rings. The molecule has 0 spiro atoms. The number of rotatable bonds is 10. The number of nitrogens with one attached hydrogen (secondary N) is 2. The van der Waals surface area contributed by atoms with Gasteiger partial charge >= 0.3 is 6.09 Å². The molecule has 11 heteroatoms. The summed E-state index contributed by atoms with van der Waals surface area (Å²) in [5.41, 5.74) is 0.839. The fraction of sp³-hybridized carbons (Fsp3) is 0.407. The Labute approximate surface area is 219 Å². The maximum atomic E-state index is 14.9. The highest BCUT2D eigenvalue weighted by molar-refractivity contribution is 5.91. The first-order chi connectivity index (χ1) is 18.3. The predicted octanol–water partition coefficient (Wildman–Crippen LogP) is 2.49. The molecule has 0 aliphatic carbocycles. The average Bonchev–Trinajstić information content (AvgIpc) is 2.82. The molecule has 1 unspecified atom stereocenters. The normalized spacial score (nSPS) is 16.2. The van der Waals surface area contributed by atoms with Gasteiger partial charge in [0.1, 0.15) is 17.7 Å². The summed E-state index contributed by atoms with van der Waals surface area (Å²) in [7, 11) is 0. The van der Waals surface area contributed by atoms with Gasteiger partial charge in [0, 0.05) is 24.3 Å². The number of imide groups is 1. The highest BCUT2D eigenvalue weighted by Crippen LogP contribution is 2.32. The quantitative estimate of drug-likeness (QED) is 0.459. The lowest BCUT2D eigenvalue weighted by atomic mass is 9.92. The minimum absolute atomic E-state index is 0.0260. The van der Waals surface area contributed by atoms with Gasteiger partial charge in [0.2, 0.25) is 18.2 Å².